The first-order valence-corrected chi connectivity index (χ1v) is 12.3. The zero-order valence-corrected chi connectivity index (χ0v) is 21.9. The normalized spacial score (nSPS) is 15.3. The number of carbonyl (C=O) groups is 2. The molecule has 1 aliphatic heterocycles. The van der Waals surface area contributed by atoms with Crippen LogP contribution in [0.1, 0.15) is 27.2 Å². The molecule has 7 nitrogen and oxygen atoms in total. The number of nitrogens with zero attached hydrogens (tertiary/aromatic N) is 2. The smallest absolute Gasteiger partial charge is 0.408 e. The summed E-state index contributed by atoms with van der Waals surface area (Å²) >= 11 is 3.44. The van der Waals surface area contributed by atoms with E-state index >= 15 is 0 Å². The van der Waals surface area contributed by atoms with Crippen LogP contribution in [0.5, 0.6) is 0 Å². The summed E-state index contributed by atoms with van der Waals surface area (Å²) in [7, 11) is 0. The molecule has 2 amide bonds. The van der Waals surface area contributed by atoms with Crippen molar-refractivity contribution in [3.05, 3.63) is 53.0 Å². The Morgan fingerprint density at radius 2 is 1.39 bits per heavy atom. The van der Waals surface area contributed by atoms with E-state index in [2.05, 4.69) is 43.2 Å². The van der Waals surface area contributed by atoms with Crippen molar-refractivity contribution >= 4 is 45.0 Å². The SMILES string of the molecule is CC(C)(C)OC(=O)NC(CC(F)(F)F)C(=O)Nc1ccc(N2CCN(c3ccc(Br)cc3)CC2)cc1. The number of alkyl halides is 3. The quantitative estimate of drug-likeness (QED) is 0.475. The molecule has 1 heterocycles. The van der Waals surface area contributed by atoms with Crippen molar-refractivity contribution in [1.82, 2.24) is 5.32 Å². The van der Waals surface area contributed by atoms with Crippen LogP contribution in [0.25, 0.3) is 0 Å². The van der Waals surface area contributed by atoms with E-state index in [0.29, 0.717) is 5.69 Å². The number of rotatable bonds is 6. The van der Waals surface area contributed by atoms with Gasteiger partial charge in [0, 0.05) is 47.7 Å². The summed E-state index contributed by atoms with van der Waals surface area (Å²) in [6, 6.07) is 13.2. The monoisotopic (exact) mass is 570 g/mol. The van der Waals surface area contributed by atoms with Crippen molar-refractivity contribution in [1.29, 1.82) is 0 Å². The topological polar surface area (TPSA) is 73.9 Å². The number of amides is 2. The van der Waals surface area contributed by atoms with Gasteiger partial charge >= 0.3 is 12.3 Å². The summed E-state index contributed by atoms with van der Waals surface area (Å²) < 4.78 is 45.1. The predicted octanol–water partition coefficient (Wildman–Crippen LogP) is 5.56. The van der Waals surface area contributed by atoms with Crippen molar-refractivity contribution in [3.8, 4) is 0 Å². The molecule has 0 radical (unpaired) electrons. The van der Waals surface area contributed by atoms with Crippen molar-refractivity contribution in [2.24, 2.45) is 0 Å². The Bertz CT molecular complexity index is 1030. The van der Waals surface area contributed by atoms with Crippen molar-refractivity contribution in [2.75, 3.05) is 41.3 Å². The number of hydrogen-bond donors (Lipinski definition) is 2. The first-order valence-electron chi connectivity index (χ1n) is 11.5. The highest BCUT2D eigenvalue weighted by molar-refractivity contribution is 9.10. The summed E-state index contributed by atoms with van der Waals surface area (Å²) in [5.74, 6) is -0.978. The Balaban J connectivity index is 1.58. The molecule has 0 aliphatic carbocycles. The molecule has 1 saturated heterocycles. The number of nitrogens with one attached hydrogen (secondary N) is 2. The third kappa shape index (κ3) is 8.61. The molecule has 0 spiro atoms. The van der Waals surface area contributed by atoms with Gasteiger partial charge in [-0.25, -0.2) is 4.79 Å². The van der Waals surface area contributed by atoms with Crippen LogP contribution in [-0.2, 0) is 9.53 Å². The fourth-order valence-electron chi connectivity index (χ4n) is 3.75. The first-order chi connectivity index (χ1) is 16.8. The minimum atomic E-state index is -4.65. The molecular formula is C25H30BrF3N4O3. The Hall–Kier alpha value is -2.95. The average molecular weight is 571 g/mol. The Morgan fingerprint density at radius 1 is 0.917 bits per heavy atom. The van der Waals surface area contributed by atoms with Gasteiger partial charge in [-0.3, -0.25) is 4.79 Å². The lowest BCUT2D eigenvalue weighted by atomic mass is 10.1. The Morgan fingerprint density at radius 3 is 1.83 bits per heavy atom. The molecule has 0 aromatic heterocycles. The van der Waals surface area contributed by atoms with Crippen molar-refractivity contribution in [3.63, 3.8) is 0 Å². The van der Waals surface area contributed by atoms with Crippen LogP contribution in [0.3, 0.4) is 0 Å². The zero-order chi connectivity index (χ0) is 26.5. The maximum absolute atomic E-state index is 13.0. The van der Waals surface area contributed by atoms with E-state index < -0.39 is 36.2 Å². The molecule has 2 N–H and O–H groups in total. The van der Waals surface area contributed by atoms with Gasteiger partial charge in [0.2, 0.25) is 5.91 Å². The van der Waals surface area contributed by atoms with Gasteiger partial charge in [-0.1, -0.05) is 15.9 Å². The summed E-state index contributed by atoms with van der Waals surface area (Å²) in [6.07, 6.45) is -7.26. The van der Waals surface area contributed by atoms with Gasteiger partial charge in [-0.2, -0.15) is 13.2 Å². The third-order valence-corrected chi connectivity index (χ3v) is 5.94. The molecule has 1 unspecified atom stereocenters. The Labute approximate surface area is 217 Å². The molecular weight excluding hydrogens is 541 g/mol. The average Bonchev–Trinajstić information content (AvgIpc) is 2.78. The molecule has 36 heavy (non-hydrogen) atoms. The fraction of sp³-hybridized carbons (Fsp3) is 0.440. The Kier molecular flexibility index (Phi) is 8.76. The highest BCUT2D eigenvalue weighted by atomic mass is 79.9. The number of benzene rings is 2. The number of alkyl carbamates (subject to hydrolysis) is 1. The van der Waals surface area contributed by atoms with E-state index in [1.807, 2.05) is 29.6 Å². The molecule has 11 heteroatoms. The summed E-state index contributed by atoms with van der Waals surface area (Å²) in [5.41, 5.74) is 1.52. The van der Waals surface area contributed by atoms with E-state index in [0.717, 1.165) is 42.0 Å². The van der Waals surface area contributed by atoms with E-state index in [4.69, 9.17) is 4.74 Å². The minimum Gasteiger partial charge on any atom is -0.444 e. The van der Waals surface area contributed by atoms with Gasteiger partial charge in [-0.15, -0.1) is 0 Å². The maximum Gasteiger partial charge on any atom is 0.408 e. The molecule has 196 valence electrons. The number of anilines is 3. The van der Waals surface area contributed by atoms with Crippen LogP contribution in [0.4, 0.5) is 35.0 Å². The molecule has 0 saturated carbocycles. The largest absolute Gasteiger partial charge is 0.444 e. The van der Waals surface area contributed by atoms with Crippen LogP contribution in [0, 0.1) is 0 Å². The fourth-order valence-corrected chi connectivity index (χ4v) is 4.01. The standard InChI is InChI=1S/C25H30BrF3N4O3/c1-24(2,3)36-23(35)31-21(16-25(27,28)29)22(34)30-18-6-10-20(11-7-18)33-14-12-32(13-15-33)19-8-4-17(26)5-9-19/h4-11,21H,12-16H2,1-3H3,(H,30,34)(H,31,35). The number of carbonyl (C=O) groups excluding carboxylic acids is 2. The number of ether oxygens (including phenoxy) is 1. The second-order valence-electron chi connectivity index (χ2n) is 9.50. The summed E-state index contributed by atoms with van der Waals surface area (Å²) in [5, 5.41) is 4.48. The molecule has 2 aromatic carbocycles. The lowest BCUT2D eigenvalue weighted by Crippen LogP contribution is -2.47. The zero-order valence-electron chi connectivity index (χ0n) is 20.4. The van der Waals surface area contributed by atoms with Crippen LogP contribution in [0.15, 0.2) is 53.0 Å². The van der Waals surface area contributed by atoms with Crippen LogP contribution >= 0.6 is 15.9 Å². The van der Waals surface area contributed by atoms with Gasteiger partial charge in [0.05, 0.1) is 6.42 Å². The van der Waals surface area contributed by atoms with Gasteiger partial charge in [0.1, 0.15) is 11.6 Å². The molecule has 3 rings (SSSR count). The second-order valence-corrected chi connectivity index (χ2v) is 10.4. The molecule has 1 aliphatic rings. The highest BCUT2D eigenvalue weighted by Gasteiger charge is 2.37. The lowest BCUT2D eigenvalue weighted by Gasteiger charge is -2.37. The minimum absolute atomic E-state index is 0.329. The predicted molar refractivity (Wildman–Crippen MR) is 137 cm³/mol. The number of hydrogen-bond acceptors (Lipinski definition) is 5. The van der Waals surface area contributed by atoms with E-state index in [9.17, 15) is 22.8 Å². The third-order valence-electron chi connectivity index (χ3n) is 5.41. The number of piperazine rings is 1. The summed E-state index contributed by atoms with van der Waals surface area (Å²) in [6.45, 7) is 8.02. The van der Waals surface area contributed by atoms with Crippen LogP contribution < -0.4 is 20.4 Å². The number of halogens is 4. The second kappa shape index (κ2) is 11.4. The highest BCUT2D eigenvalue weighted by Crippen LogP contribution is 2.25. The van der Waals surface area contributed by atoms with Gasteiger partial charge in [-0.05, 0) is 69.3 Å². The van der Waals surface area contributed by atoms with Crippen molar-refractivity contribution in [2.45, 2.75) is 45.0 Å². The van der Waals surface area contributed by atoms with Gasteiger partial charge in [0.15, 0.2) is 0 Å². The molecule has 1 fully saturated rings. The summed E-state index contributed by atoms with van der Waals surface area (Å²) in [4.78, 5) is 29.0. The molecule has 0 bridgehead atoms. The van der Waals surface area contributed by atoms with Crippen LogP contribution in [0.2, 0.25) is 0 Å². The van der Waals surface area contributed by atoms with E-state index in [1.165, 1.54) is 0 Å². The van der Waals surface area contributed by atoms with Crippen LogP contribution in [-0.4, -0.2) is 56.0 Å². The lowest BCUT2D eigenvalue weighted by molar-refractivity contribution is -0.147. The van der Waals surface area contributed by atoms with Gasteiger partial charge < -0.3 is 25.2 Å². The maximum atomic E-state index is 13.0. The first kappa shape index (κ1) is 27.6. The molecule has 2 aromatic rings. The molecule has 1 atom stereocenters. The van der Waals surface area contributed by atoms with Gasteiger partial charge in [0.25, 0.3) is 0 Å². The van der Waals surface area contributed by atoms with E-state index in [1.54, 1.807) is 32.9 Å². The van der Waals surface area contributed by atoms with Crippen molar-refractivity contribution < 1.29 is 27.5 Å². The van der Waals surface area contributed by atoms with E-state index in [-0.39, 0.29) is 0 Å².